The van der Waals surface area contributed by atoms with E-state index in [1.165, 1.54) is 33.8 Å². The van der Waals surface area contributed by atoms with Crippen molar-refractivity contribution in [2.75, 3.05) is 25.5 Å². The lowest BCUT2D eigenvalue weighted by Crippen LogP contribution is -2.16. The molecular formula is C31H36O2P2. The number of allylic oxidation sites excluding steroid dienone is 3. The first-order chi connectivity index (χ1) is 17.3. The van der Waals surface area contributed by atoms with E-state index in [0.717, 1.165) is 30.5 Å². The average molecular weight is 503 g/mol. The van der Waals surface area contributed by atoms with Gasteiger partial charge in [0.25, 0.3) is 0 Å². The molecule has 3 aromatic rings. The van der Waals surface area contributed by atoms with Crippen molar-refractivity contribution in [3.8, 4) is 5.75 Å². The molecule has 1 aliphatic carbocycles. The molecule has 1 aliphatic rings. The number of ether oxygens (including phenoxy) is 2. The van der Waals surface area contributed by atoms with Gasteiger partial charge in [0.05, 0.1) is 13.2 Å². The van der Waals surface area contributed by atoms with E-state index < -0.39 is 7.92 Å². The van der Waals surface area contributed by atoms with Gasteiger partial charge in [0, 0.05) is 10.6 Å². The normalized spacial score (nSPS) is 14.3. The van der Waals surface area contributed by atoms with E-state index in [1.807, 2.05) is 0 Å². The molecule has 3 aromatic carbocycles. The quantitative estimate of drug-likeness (QED) is 0.242. The van der Waals surface area contributed by atoms with E-state index >= 15 is 0 Å². The van der Waals surface area contributed by atoms with E-state index in [0.29, 0.717) is 13.2 Å². The topological polar surface area (TPSA) is 18.5 Å². The Hall–Kier alpha value is -2.40. The van der Waals surface area contributed by atoms with Crippen LogP contribution >= 0.6 is 15.8 Å². The third-order valence-corrected chi connectivity index (χ3v) is 11.5. The average Bonchev–Trinajstić information content (AvgIpc) is 2.91. The zero-order chi connectivity index (χ0) is 24.3. The molecule has 0 saturated carbocycles. The van der Waals surface area contributed by atoms with Gasteiger partial charge in [0.2, 0.25) is 0 Å². The molecule has 0 amide bonds. The maximum absolute atomic E-state index is 6.14. The predicted molar refractivity (Wildman–Crippen MR) is 155 cm³/mol. The van der Waals surface area contributed by atoms with Gasteiger partial charge in [-0.05, 0) is 84.0 Å². The number of hydrogen-bond donors (Lipinski definition) is 0. The predicted octanol–water partition coefficient (Wildman–Crippen LogP) is 7.31. The molecule has 0 heterocycles. The fraction of sp³-hybridized carbons (Fsp3) is 0.290. The Morgan fingerprint density at radius 2 is 1.29 bits per heavy atom. The summed E-state index contributed by atoms with van der Waals surface area (Å²) in [4.78, 5) is 0. The fourth-order valence-electron chi connectivity index (χ4n) is 4.55. The Balaban J connectivity index is 1.63. The van der Waals surface area contributed by atoms with E-state index in [4.69, 9.17) is 9.47 Å². The van der Waals surface area contributed by atoms with E-state index in [-0.39, 0.29) is 7.92 Å². The zero-order valence-corrected chi connectivity index (χ0v) is 22.7. The Morgan fingerprint density at radius 1 is 0.686 bits per heavy atom. The summed E-state index contributed by atoms with van der Waals surface area (Å²) in [6, 6.07) is 30.8. The van der Waals surface area contributed by atoms with Crippen LogP contribution in [0.4, 0.5) is 0 Å². The van der Waals surface area contributed by atoms with Crippen molar-refractivity contribution >= 4 is 31.8 Å². The maximum atomic E-state index is 6.14. The molecule has 0 spiro atoms. The van der Waals surface area contributed by atoms with Crippen LogP contribution in [0.3, 0.4) is 0 Å². The Morgan fingerprint density at radius 3 is 1.94 bits per heavy atom. The highest BCUT2D eigenvalue weighted by atomic mass is 31.1. The van der Waals surface area contributed by atoms with Gasteiger partial charge in [0.15, 0.2) is 0 Å². The maximum Gasteiger partial charge on any atom is 0.127 e. The molecule has 0 aromatic heterocycles. The van der Waals surface area contributed by atoms with E-state index in [1.54, 1.807) is 0 Å². The van der Waals surface area contributed by atoms with Crippen molar-refractivity contribution < 1.29 is 9.47 Å². The third kappa shape index (κ3) is 6.84. The second-order valence-corrected chi connectivity index (χ2v) is 13.1. The largest absolute Gasteiger partial charge is 0.494 e. The zero-order valence-electron chi connectivity index (χ0n) is 20.9. The second kappa shape index (κ2) is 13.6. The van der Waals surface area contributed by atoms with Crippen LogP contribution in [0.25, 0.3) is 0 Å². The molecular weight excluding hydrogens is 466 g/mol. The van der Waals surface area contributed by atoms with Crippen molar-refractivity contribution in [2.45, 2.75) is 33.1 Å². The van der Waals surface area contributed by atoms with Gasteiger partial charge < -0.3 is 9.47 Å². The molecule has 0 radical (unpaired) electrons. The SMILES string of the molecule is CCOC1=C(P(CCCP(c2ccccc2)c2ccccc2)c2ccccc2OCC)CCC=C1. The smallest absolute Gasteiger partial charge is 0.127 e. The molecule has 1 unspecified atom stereocenters. The molecule has 0 fully saturated rings. The van der Waals surface area contributed by atoms with Crippen LogP contribution in [0.1, 0.15) is 33.1 Å². The van der Waals surface area contributed by atoms with Crippen LogP contribution in [0.15, 0.2) is 108 Å². The minimum Gasteiger partial charge on any atom is -0.494 e. The Labute approximate surface area is 213 Å². The molecule has 0 N–H and O–H groups in total. The summed E-state index contributed by atoms with van der Waals surface area (Å²) in [6.07, 6.45) is 10.1. The summed E-state index contributed by atoms with van der Waals surface area (Å²) in [5.41, 5.74) is 0. The molecule has 2 nitrogen and oxygen atoms in total. The van der Waals surface area contributed by atoms with Crippen LogP contribution in [0.5, 0.6) is 5.75 Å². The third-order valence-electron chi connectivity index (χ3n) is 6.08. The van der Waals surface area contributed by atoms with Crippen LogP contribution in [-0.4, -0.2) is 25.5 Å². The van der Waals surface area contributed by atoms with Crippen LogP contribution < -0.4 is 20.7 Å². The highest BCUT2D eigenvalue weighted by Crippen LogP contribution is 2.52. The Bertz CT molecular complexity index is 1070. The fourth-order valence-corrected chi connectivity index (χ4v) is 9.91. The molecule has 4 heteroatoms. The van der Waals surface area contributed by atoms with Crippen molar-refractivity contribution in [3.63, 3.8) is 0 Å². The molecule has 4 rings (SSSR count). The van der Waals surface area contributed by atoms with Crippen LogP contribution in [0, 0.1) is 0 Å². The first kappa shape index (κ1) is 25.7. The molecule has 0 bridgehead atoms. The molecule has 182 valence electrons. The first-order valence-electron chi connectivity index (χ1n) is 12.7. The summed E-state index contributed by atoms with van der Waals surface area (Å²) < 4.78 is 12.2. The van der Waals surface area contributed by atoms with Gasteiger partial charge >= 0.3 is 0 Å². The van der Waals surface area contributed by atoms with Gasteiger partial charge in [-0.15, -0.1) is 0 Å². The molecule has 0 aliphatic heterocycles. The molecule has 1 atom stereocenters. The monoisotopic (exact) mass is 502 g/mol. The minimum atomic E-state index is -0.537. The number of rotatable bonds is 12. The second-order valence-electron chi connectivity index (χ2n) is 8.41. The summed E-state index contributed by atoms with van der Waals surface area (Å²) >= 11 is 0. The lowest BCUT2D eigenvalue weighted by atomic mass is 10.2. The number of benzene rings is 3. The van der Waals surface area contributed by atoms with Crippen molar-refractivity contribution in [1.82, 2.24) is 0 Å². The molecule has 0 saturated heterocycles. The van der Waals surface area contributed by atoms with E-state index in [2.05, 4.69) is 111 Å². The Kier molecular flexibility index (Phi) is 10.00. The summed E-state index contributed by atoms with van der Waals surface area (Å²) in [6.45, 7) is 5.54. The van der Waals surface area contributed by atoms with Gasteiger partial charge in [-0.3, -0.25) is 0 Å². The number of hydrogen-bond acceptors (Lipinski definition) is 2. The summed E-state index contributed by atoms with van der Waals surface area (Å²) in [5.74, 6) is 2.12. The lowest BCUT2D eigenvalue weighted by Gasteiger charge is -2.28. The summed E-state index contributed by atoms with van der Waals surface area (Å²) in [5, 5.41) is 5.76. The van der Waals surface area contributed by atoms with Crippen LogP contribution in [0.2, 0.25) is 0 Å². The van der Waals surface area contributed by atoms with Gasteiger partial charge in [-0.1, -0.05) is 84.9 Å². The van der Waals surface area contributed by atoms with Crippen molar-refractivity contribution in [3.05, 3.63) is 108 Å². The summed E-state index contributed by atoms with van der Waals surface area (Å²) in [7, 11) is -0.919. The number of para-hydroxylation sites is 1. The lowest BCUT2D eigenvalue weighted by molar-refractivity contribution is 0.239. The van der Waals surface area contributed by atoms with Gasteiger partial charge in [0.1, 0.15) is 11.5 Å². The first-order valence-corrected chi connectivity index (χ1v) is 15.8. The highest BCUT2D eigenvalue weighted by molar-refractivity contribution is 7.73. The van der Waals surface area contributed by atoms with Crippen molar-refractivity contribution in [1.29, 1.82) is 0 Å². The van der Waals surface area contributed by atoms with Crippen LogP contribution in [-0.2, 0) is 4.74 Å². The van der Waals surface area contributed by atoms with Crippen molar-refractivity contribution in [2.24, 2.45) is 0 Å². The molecule has 35 heavy (non-hydrogen) atoms. The minimum absolute atomic E-state index is 0.382. The standard InChI is InChI=1S/C31H36O2P2/c1-3-32-28-20-11-13-22-30(28)35(31-23-14-12-21-29(31)33-4-2)25-15-24-34(26-16-7-5-8-17-26)27-18-9-6-10-19-27/h5-13,16-22H,3-4,14-15,23-25H2,1-2H3. The van der Waals surface area contributed by atoms with E-state index in [9.17, 15) is 0 Å². The highest BCUT2D eigenvalue weighted by Gasteiger charge is 2.25. The van der Waals surface area contributed by atoms with Gasteiger partial charge in [-0.25, -0.2) is 0 Å². The van der Waals surface area contributed by atoms with Gasteiger partial charge in [-0.2, -0.15) is 0 Å².